The summed E-state index contributed by atoms with van der Waals surface area (Å²) in [5, 5.41) is 2.70. The second-order valence-electron chi connectivity index (χ2n) is 7.29. The van der Waals surface area contributed by atoms with Gasteiger partial charge in [-0.1, -0.05) is 13.8 Å². The van der Waals surface area contributed by atoms with Gasteiger partial charge in [0.25, 0.3) is 5.91 Å². The highest BCUT2D eigenvalue weighted by atomic mass is 32.2. The molecule has 1 N–H and O–H groups in total. The lowest BCUT2D eigenvalue weighted by Crippen LogP contribution is -2.42. The predicted molar refractivity (Wildman–Crippen MR) is 103 cm³/mol. The molecule has 0 bridgehead atoms. The lowest BCUT2D eigenvalue weighted by molar-refractivity contribution is 0.102. The van der Waals surface area contributed by atoms with E-state index in [2.05, 4.69) is 29.1 Å². The summed E-state index contributed by atoms with van der Waals surface area (Å²) in [6, 6.07) is 6.22. The fraction of sp³-hybridized carbons (Fsp3) is 0.421. The Morgan fingerprint density at radius 1 is 1.07 bits per heavy atom. The maximum Gasteiger partial charge on any atom is 0.275 e. The summed E-state index contributed by atoms with van der Waals surface area (Å²) in [5.74, 6) is 0.298. The van der Waals surface area contributed by atoms with Crippen molar-refractivity contribution in [1.29, 1.82) is 0 Å². The fourth-order valence-corrected chi connectivity index (χ4v) is 5.05. The van der Waals surface area contributed by atoms with Crippen LogP contribution in [0.15, 0.2) is 41.6 Å². The Morgan fingerprint density at radius 2 is 1.70 bits per heavy atom. The molecule has 1 aromatic carbocycles. The topological polar surface area (TPSA) is 92.3 Å². The Labute approximate surface area is 159 Å². The lowest BCUT2D eigenvalue weighted by atomic mass is 9.94. The van der Waals surface area contributed by atoms with Gasteiger partial charge in [0.15, 0.2) is 0 Å². The molecule has 0 saturated carbocycles. The van der Waals surface area contributed by atoms with Crippen molar-refractivity contribution in [2.24, 2.45) is 11.8 Å². The molecule has 0 spiro atoms. The number of hydrogen-bond acceptors (Lipinski definition) is 5. The number of amides is 1. The number of hydrogen-bond donors (Lipinski definition) is 1. The average Bonchev–Trinajstić information content (AvgIpc) is 2.62. The van der Waals surface area contributed by atoms with Crippen LogP contribution < -0.4 is 5.32 Å². The molecule has 27 heavy (non-hydrogen) atoms. The summed E-state index contributed by atoms with van der Waals surface area (Å²) < 4.78 is 27.3. The lowest BCUT2D eigenvalue weighted by Gasteiger charge is -2.34. The molecule has 2 aromatic rings. The van der Waals surface area contributed by atoms with Gasteiger partial charge < -0.3 is 5.32 Å². The smallest absolute Gasteiger partial charge is 0.275 e. The van der Waals surface area contributed by atoms with Gasteiger partial charge in [0.05, 0.1) is 16.8 Å². The molecular weight excluding hydrogens is 364 g/mol. The first-order valence-corrected chi connectivity index (χ1v) is 10.4. The molecule has 2 heterocycles. The maximum absolute atomic E-state index is 12.9. The van der Waals surface area contributed by atoms with Crippen molar-refractivity contribution in [2.75, 3.05) is 18.4 Å². The number of piperidine rings is 1. The third-order valence-corrected chi connectivity index (χ3v) is 6.44. The Morgan fingerprint density at radius 3 is 2.26 bits per heavy atom. The molecule has 1 saturated heterocycles. The summed E-state index contributed by atoms with van der Waals surface area (Å²) in [6.45, 7) is 7.02. The normalized spacial score (nSPS) is 21.0. The zero-order valence-corrected chi connectivity index (χ0v) is 16.5. The van der Waals surface area contributed by atoms with Crippen molar-refractivity contribution in [1.82, 2.24) is 14.3 Å². The van der Waals surface area contributed by atoms with E-state index in [0.717, 1.165) is 12.1 Å². The van der Waals surface area contributed by atoms with Crippen LogP contribution >= 0.6 is 0 Å². The number of carbonyl (C=O) groups is 1. The Kier molecular flexibility index (Phi) is 5.57. The standard InChI is InChI=1S/C19H24N4O3S/c1-13-8-14(2)12-23(11-13)27(25,26)17-6-4-16(5-7-17)22-19(24)18-10-20-15(3)9-21-18/h4-7,9-10,13-14H,8,11-12H2,1-3H3,(H,22,24). The van der Waals surface area contributed by atoms with Crippen molar-refractivity contribution in [3.8, 4) is 0 Å². The first-order valence-electron chi connectivity index (χ1n) is 8.96. The number of aryl methyl sites for hydroxylation is 1. The van der Waals surface area contributed by atoms with Gasteiger partial charge in [0, 0.05) is 25.0 Å². The highest BCUT2D eigenvalue weighted by Gasteiger charge is 2.31. The molecule has 1 aliphatic rings. The van der Waals surface area contributed by atoms with Gasteiger partial charge in [-0.15, -0.1) is 0 Å². The zero-order chi connectivity index (χ0) is 19.6. The van der Waals surface area contributed by atoms with Gasteiger partial charge in [-0.2, -0.15) is 4.31 Å². The van der Waals surface area contributed by atoms with Gasteiger partial charge >= 0.3 is 0 Å². The maximum atomic E-state index is 12.9. The number of nitrogens with zero attached hydrogens (tertiary/aromatic N) is 3. The third-order valence-electron chi connectivity index (χ3n) is 4.60. The Balaban J connectivity index is 1.72. The van der Waals surface area contributed by atoms with Crippen LogP contribution in [0.1, 0.15) is 36.5 Å². The number of aromatic nitrogens is 2. The molecule has 1 aliphatic heterocycles. The first kappa shape index (κ1) is 19.4. The molecule has 7 nitrogen and oxygen atoms in total. The molecule has 1 aromatic heterocycles. The van der Waals surface area contributed by atoms with E-state index < -0.39 is 15.9 Å². The van der Waals surface area contributed by atoms with E-state index in [4.69, 9.17) is 0 Å². The van der Waals surface area contributed by atoms with Crippen molar-refractivity contribution in [3.63, 3.8) is 0 Å². The largest absolute Gasteiger partial charge is 0.321 e. The van der Waals surface area contributed by atoms with E-state index in [1.54, 1.807) is 23.4 Å². The van der Waals surface area contributed by atoms with Gasteiger partial charge in [0.2, 0.25) is 10.0 Å². The molecule has 2 unspecified atom stereocenters. The minimum Gasteiger partial charge on any atom is -0.321 e. The van der Waals surface area contributed by atoms with Crippen LogP contribution in [0, 0.1) is 18.8 Å². The summed E-state index contributed by atoms with van der Waals surface area (Å²) in [7, 11) is -3.53. The van der Waals surface area contributed by atoms with E-state index in [9.17, 15) is 13.2 Å². The van der Waals surface area contributed by atoms with E-state index in [0.29, 0.717) is 30.6 Å². The Bertz CT molecular complexity index is 901. The van der Waals surface area contributed by atoms with Crippen LogP contribution in [0.3, 0.4) is 0 Å². The number of carbonyl (C=O) groups excluding carboxylic acids is 1. The Hall–Kier alpha value is -2.32. The molecule has 1 fully saturated rings. The summed E-state index contributed by atoms with van der Waals surface area (Å²) in [4.78, 5) is 20.5. The zero-order valence-electron chi connectivity index (χ0n) is 15.7. The third kappa shape index (κ3) is 4.51. The van der Waals surface area contributed by atoms with Crippen LogP contribution in [0.25, 0.3) is 0 Å². The summed E-state index contributed by atoms with van der Waals surface area (Å²) in [6.07, 6.45) is 3.96. The number of nitrogens with one attached hydrogen (secondary N) is 1. The highest BCUT2D eigenvalue weighted by Crippen LogP contribution is 2.27. The van der Waals surface area contributed by atoms with Crippen LogP contribution in [-0.4, -0.2) is 41.7 Å². The minimum atomic E-state index is -3.53. The number of rotatable bonds is 4. The van der Waals surface area contributed by atoms with Crippen LogP contribution in [-0.2, 0) is 10.0 Å². The first-order chi connectivity index (χ1) is 12.8. The fourth-order valence-electron chi connectivity index (χ4n) is 3.37. The molecule has 2 atom stereocenters. The predicted octanol–water partition coefficient (Wildman–Crippen LogP) is 2.70. The van der Waals surface area contributed by atoms with Gasteiger partial charge in [-0.25, -0.2) is 13.4 Å². The van der Waals surface area contributed by atoms with Crippen molar-refractivity contribution >= 4 is 21.6 Å². The summed E-state index contributed by atoms with van der Waals surface area (Å²) in [5.41, 5.74) is 1.43. The van der Waals surface area contributed by atoms with E-state index >= 15 is 0 Å². The summed E-state index contributed by atoms with van der Waals surface area (Å²) >= 11 is 0. The second kappa shape index (κ2) is 7.74. The number of sulfonamides is 1. The van der Waals surface area contributed by atoms with E-state index in [1.807, 2.05) is 0 Å². The average molecular weight is 388 g/mol. The number of benzene rings is 1. The molecule has 0 aliphatic carbocycles. The van der Waals surface area contributed by atoms with E-state index in [1.165, 1.54) is 24.5 Å². The highest BCUT2D eigenvalue weighted by molar-refractivity contribution is 7.89. The molecule has 1 amide bonds. The molecule has 3 rings (SSSR count). The van der Waals surface area contributed by atoms with Crippen LogP contribution in [0.4, 0.5) is 5.69 Å². The second-order valence-corrected chi connectivity index (χ2v) is 9.23. The molecule has 144 valence electrons. The van der Waals surface area contributed by atoms with Gasteiger partial charge in [-0.05, 0) is 49.4 Å². The molecule has 8 heteroatoms. The van der Waals surface area contributed by atoms with Crippen LogP contribution in [0.2, 0.25) is 0 Å². The van der Waals surface area contributed by atoms with Gasteiger partial charge in [-0.3, -0.25) is 9.78 Å². The van der Waals surface area contributed by atoms with Gasteiger partial charge in [0.1, 0.15) is 5.69 Å². The van der Waals surface area contributed by atoms with Crippen molar-refractivity contribution in [2.45, 2.75) is 32.1 Å². The molecule has 0 radical (unpaired) electrons. The minimum absolute atomic E-state index is 0.202. The van der Waals surface area contributed by atoms with Crippen molar-refractivity contribution in [3.05, 3.63) is 48.0 Å². The van der Waals surface area contributed by atoms with Crippen LogP contribution in [0.5, 0.6) is 0 Å². The molecular formula is C19H24N4O3S. The van der Waals surface area contributed by atoms with E-state index in [-0.39, 0.29) is 10.6 Å². The SMILES string of the molecule is Cc1cnc(C(=O)Nc2ccc(S(=O)(=O)N3CC(C)CC(C)C3)cc2)cn1. The monoisotopic (exact) mass is 388 g/mol. The number of anilines is 1. The quantitative estimate of drug-likeness (QED) is 0.869. The van der Waals surface area contributed by atoms with Crippen molar-refractivity contribution < 1.29 is 13.2 Å².